The largest absolute Gasteiger partial charge is 0.351 e. The number of thioether (sulfide) groups is 1. The third-order valence-corrected chi connectivity index (χ3v) is 5.91. The van der Waals surface area contributed by atoms with Gasteiger partial charge in [0.2, 0.25) is 11.1 Å². The highest BCUT2D eigenvalue weighted by Crippen LogP contribution is 2.33. The molecule has 2 heterocycles. The van der Waals surface area contributed by atoms with Crippen LogP contribution in [0, 0.1) is 5.92 Å². The number of nitrogens with zero attached hydrogens (tertiary/aromatic N) is 5. The number of hydrogen-bond donors (Lipinski definition) is 1. The van der Waals surface area contributed by atoms with Gasteiger partial charge in [0.05, 0.1) is 11.3 Å². The summed E-state index contributed by atoms with van der Waals surface area (Å²) < 4.78 is 1.90. The molecule has 3 rings (SSSR count). The van der Waals surface area contributed by atoms with Crippen LogP contribution in [0.25, 0.3) is 0 Å². The molecule has 1 aliphatic rings. The van der Waals surface area contributed by atoms with Crippen LogP contribution in [-0.4, -0.2) is 36.3 Å². The number of hydrogen-bond acceptors (Lipinski definition) is 6. The fraction of sp³-hybridized carbons (Fsp3) is 0.588. The van der Waals surface area contributed by atoms with E-state index in [1.807, 2.05) is 30.7 Å². The minimum Gasteiger partial charge on any atom is -0.351 e. The van der Waals surface area contributed by atoms with Crippen molar-refractivity contribution in [2.24, 2.45) is 5.92 Å². The molecule has 7 nitrogen and oxygen atoms in total. The monoisotopic (exact) mass is 360 g/mol. The SMILES string of the molecule is CC(C)C(Sc1nnnn1C1CCCC1)C(=O)NCc1cccnc1. The molecular formula is C17H24N6OS. The van der Waals surface area contributed by atoms with Gasteiger partial charge in [-0.05, 0) is 40.8 Å². The lowest BCUT2D eigenvalue weighted by atomic mass is 10.1. The Morgan fingerprint density at radius 2 is 2.20 bits per heavy atom. The van der Waals surface area contributed by atoms with Crippen LogP contribution in [-0.2, 0) is 11.3 Å². The second-order valence-electron chi connectivity index (χ2n) is 6.71. The summed E-state index contributed by atoms with van der Waals surface area (Å²) >= 11 is 1.46. The van der Waals surface area contributed by atoms with E-state index in [9.17, 15) is 4.79 Å². The molecule has 1 N–H and O–H groups in total. The summed E-state index contributed by atoms with van der Waals surface area (Å²) in [7, 11) is 0. The summed E-state index contributed by atoms with van der Waals surface area (Å²) in [5.41, 5.74) is 0.985. The fourth-order valence-electron chi connectivity index (χ4n) is 3.04. The van der Waals surface area contributed by atoms with E-state index in [2.05, 4.69) is 25.8 Å². The molecule has 2 aromatic rings. The van der Waals surface area contributed by atoms with Gasteiger partial charge in [0.1, 0.15) is 0 Å². The number of aromatic nitrogens is 5. The van der Waals surface area contributed by atoms with Crippen molar-refractivity contribution in [3.05, 3.63) is 30.1 Å². The molecule has 25 heavy (non-hydrogen) atoms. The smallest absolute Gasteiger partial charge is 0.234 e. The van der Waals surface area contributed by atoms with Gasteiger partial charge in [0.25, 0.3) is 0 Å². The molecule has 0 spiro atoms. The Morgan fingerprint density at radius 1 is 1.40 bits per heavy atom. The van der Waals surface area contributed by atoms with Crippen LogP contribution < -0.4 is 5.32 Å². The first-order chi connectivity index (χ1) is 12.1. The minimum absolute atomic E-state index is 0.00447. The van der Waals surface area contributed by atoms with Crippen molar-refractivity contribution >= 4 is 17.7 Å². The Morgan fingerprint density at radius 3 is 2.88 bits per heavy atom. The van der Waals surface area contributed by atoms with E-state index >= 15 is 0 Å². The summed E-state index contributed by atoms with van der Waals surface area (Å²) in [6.45, 7) is 4.57. The van der Waals surface area contributed by atoms with Crippen LogP contribution in [0.5, 0.6) is 0 Å². The number of tetrazole rings is 1. The summed E-state index contributed by atoms with van der Waals surface area (Å²) in [6.07, 6.45) is 8.14. The lowest BCUT2D eigenvalue weighted by molar-refractivity contribution is -0.121. The van der Waals surface area contributed by atoms with Crippen molar-refractivity contribution in [3.8, 4) is 0 Å². The maximum atomic E-state index is 12.7. The summed E-state index contributed by atoms with van der Waals surface area (Å²) in [5.74, 6) is 0.178. The number of carbonyl (C=O) groups is 1. The molecule has 134 valence electrons. The molecule has 0 aliphatic heterocycles. The predicted molar refractivity (Wildman–Crippen MR) is 95.9 cm³/mol. The molecule has 1 unspecified atom stereocenters. The molecule has 0 saturated heterocycles. The Bertz CT molecular complexity index is 683. The second kappa shape index (κ2) is 8.42. The minimum atomic E-state index is -0.233. The highest BCUT2D eigenvalue weighted by molar-refractivity contribution is 8.00. The van der Waals surface area contributed by atoms with E-state index in [0.717, 1.165) is 23.6 Å². The molecule has 1 amide bonds. The lowest BCUT2D eigenvalue weighted by Gasteiger charge is -2.20. The van der Waals surface area contributed by atoms with E-state index in [0.29, 0.717) is 12.6 Å². The Kier molecular flexibility index (Phi) is 6.01. The first kappa shape index (κ1) is 17.8. The van der Waals surface area contributed by atoms with Gasteiger partial charge in [-0.3, -0.25) is 9.78 Å². The Balaban J connectivity index is 1.65. The molecule has 1 atom stereocenters. The molecule has 1 aliphatic carbocycles. The quantitative estimate of drug-likeness (QED) is 0.764. The third kappa shape index (κ3) is 4.56. The van der Waals surface area contributed by atoms with Crippen molar-refractivity contribution < 1.29 is 4.79 Å². The molecule has 8 heteroatoms. The zero-order valence-corrected chi connectivity index (χ0v) is 15.4. The third-order valence-electron chi connectivity index (χ3n) is 4.42. The highest BCUT2D eigenvalue weighted by atomic mass is 32.2. The number of carbonyl (C=O) groups excluding carboxylic acids is 1. The number of rotatable bonds is 7. The van der Waals surface area contributed by atoms with Crippen LogP contribution in [0.15, 0.2) is 29.7 Å². The van der Waals surface area contributed by atoms with Gasteiger partial charge in [0, 0.05) is 18.9 Å². The summed E-state index contributed by atoms with van der Waals surface area (Å²) in [5, 5.41) is 15.7. The predicted octanol–water partition coefficient (Wildman–Crippen LogP) is 2.62. The molecular weight excluding hydrogens is 336 g/mol. The molecule has 1 saturated carbocycles. The van der Waals surface area contributed by atoms with Crippen LogP contribution in [0.1, 0.15) is 51.1 Å². The van der Waals surface area contributed by atoms with Gasteiger partial charge in [-0.2, -0.15) is 0 Å². The lowest BCUT2D eigenvalue weighted by Crippen LogP contribution is -2.35. The second-order valence-corrected chi connectivity index (χ2v) is 7.81. The maximum Gasteiger partial charge on any atom is 0.234 e. The fourth-order valence-corrected chi connectivity index (χ4v) is 4.11. The van der Waals surface area contributed by atoms with E-state index < -0.39 is 0 Å². The average molecular weight is 360 g/mol. The summed E-state index contributed by atoms with van der Waals surface area (Å²) in [6, 6.07) is 4.18. The van der Waals surface area contributed by atoms with Crippen LogP contribution in [0.3, 0.4) is 0 Å². The van der Waals surface area contributed by atoms with Gasteiger partial charge in [0.15, 0.2) is 0 Å². The van der Waals surface area contributed by atoms with Gasteiger partial charge < -0.3 is 5.32 Å². The number of pyridine rings is 1. The Labute approximate surface area is 152 Å². The van der Waals surface area contributed by atoms with Crippen LogP contribution in [0.4, 0.5) is 0 Å². The van der Waals surface area contributed by atoms with Crippen molar-refractivity contribution in [1.29, 1.82) is 0 Å². The first-order valence-corrected chi connectivity index (χ1v) is 9.64. The topological polar surface area (TPSA) is 85.6 Å². The zero-order chi connectivity index (χ0) is 17.6. The molecule has 0 bridgehead atoms. The van der Waals surface area contributed by atoms with E-state index in [1.54, 1.807) is 12.4 Å². The van der Waals surface area contributed by atoms with Crippen LogP contribution >= 0.6 is 11.8 Å². The first-order valence-electron chi connectivity index (χ1n) is 8.76. The van der Waals surface area contributed by atoms with Crippen molar-refractivity contribution in [3.63, 3.8) is 0 Å². The van der Waals surface area contributed by atoms with Crippen molar-refractivity contribution in [2.75, 3.05) is 0 Å². The van der Waals surface area contributed by atoms with Crippen LogP contribution in [0.2, 0.25) is 0 Å². The standard InChI is InChI=1S/C17H24N6OS/c1-12(2)15(16(24)19-11-13-6-5-9-18-10-13)25-17-20-21-22-23(17)14-7-3-4-8-14/h5-6,9-10,12,14-15H,3-4,7-8,11H2,1-2H3,(H,19,24). The van der Waals surface area contributed by atoms with Gasteiger partial charge in [-0.1, -0.05) is 44.5 Å². The molecule has 2 aromatic heterocycles. The normalized spacial score (nSPS) is 16.3. The van der Waals surface area contributed by atoms with Crippen molar-refractivity contribution in [2.45, 2.75) is 62.5 Å². The number of amides is 1. The highest BCUT2D eigenvalue weighted by Gasteiger charge is 2.28. The summed E-state index contributed by atoms with van der Waals surface area (Å²) in [4.78, 5) is 16.8. The molecule has 0 radical (unpaired) electrons. The van der Waals surface area contributed by atoms with E-state index in [4.69, 9.17) is 0 Å². The van der Waals surface area contributed by atoms with E-state index in [1.165, 1.54) is 24.6 Å². The van der Waals surface area contributed by atoms with Gasteiger partial charge in [-0.15, -0.1) is 5.10 Å². The van der Waals surface area contributed by atoms with Gasteiger partial charge >= 0.3 is 0 Å². The zero-order valence-electron chi connectivity index (χ0n) is 14.6. The van der Waals surface area contributed by atoms with Gasteiger partial charge in [-0.25, -0.2) is 4.68 Å². The van der Waals surface area contributed by atoms with Crippen molar-refractivity contribution in [1.82, 2.24) is 30.5 Å². The average Bonchev–Trinajstić information content (AvgIpc) is 3.29. The molecule has 1 fully saturated rings. The molecule has 0 aromatic carbocycles. The maximum absolute atomic E-state index is 12.7. The van der Waals surface area contributed by atoms with E-state index in [-0.39, 0.29) is 17.1 Å². The number of nitrogens with one attached hydrogen (secondary N) is 1. The Hall–Kier alpha value is -1.96.